The molecule has 0 heterocycles. The molecule has 3 heteroatoms. The third kappa shape index (κ3) is 9.13. The van der Waals surface area contributed by atoms with Crippen LogP contribution in [0.3, 0.4) is 0 Å². The van der Waals surface area contributed by atoms with Crippen molar-refractivity contribution in [2.75, 3.05) is 46.8 Å². The van der Waals surface area contributed by atoms with Gasteiger partial charge in [-0.25, -0.2) is 0 Å². The zero-order valence-corrected chi connectivity index (χ0v) is 11.9. The summed E-state index contributed by atoms with van der Waals surface area (Å²) in [5, 5.41) is 3.54. The molecule has 0 amide bonds. The molecule has 0 bridgehead atoms. The van der Waals surface area contributed by atoms with Crippen molar-refractivity contribution in [3.63, 3.8) is 0 Å². The summed E-state index contributed by atoms with van der Waals surface area (Å²) in [5.74, 6) is 0. The smallest absolute Gasteiger partial charge is 0.0107 e. The van der Waals surface area contributed by atoms with Gasteiger partial charge in [-0.05, 0) is 53.5 Å². The van der Waals surface area contributed by atoms with Gasteiger partial charge in [-0.2, -0.15) is 0 Å². The van der Waals surface area contributed by atoms with E-state index in [1.54, 1.807) is 0 Å². The summed E-state index contributed by atoms with van der Waals surface area (Å²) in [6, 6.07) is 0.653. The number of nitrogens with zero attached hydrogens (tertiary/aromatic N) is 2. The summed E-state index contributed by atoms with van der Waals surface area (Å²) >= 11 is 0. The van der Waals surface area contributed by atoms with Crippen LogP contribution in [0.4, 0.5) is 0 Å². The molecule has 0 saturated heterocycles. The Morgan fingerprint density at radius 3 is 2.25 bits per heavy atom. The maximum Gasteiger partial charge on any atom is 0.0107 e. The summed E-state index contributed by atoms with van der Waals surface area (Å²) < 4.78 is 0. The highest BCUT2D eigenvalue weighted by Crippen LogP contribution is 1.93. The van der Waals surface area contributed by atoms with Crippen molar-refractivity contribution in [2.24, 2.45) is 0 Å². The highest BCUT2D eigenvalue weighted by molar-refractivity contribution is 4.62. The molecule has 16 heavy (non-hydrogen) atoms. The van der Waals surface area contributed by atoms with Crippen molar-refractivity contribution in [3.8, 4) is 0 Å². The van der Waals surface area contributed by atoms with Gasteiger partial charge >= 0.3 is 0 Å². The molecular formula is C13H31N3. The van der Waals surface area contributed by atoms with Gasteiger partial charge in [0.05, 0.1) is 0 Å². The van der Waals surface area contributed by atoms with Crippen molar-refractivity contribution in [1.82, 2.24) is 15.1 Å². The van der Waals surface area contributed by atoms with Crippen molar-refractivity contribution >= 4 is 0 Å². The van der Waals surface area contributed by atoms with Crippen molar-refractivity contribution in [3.05, 3.63) is 0 Å². The molecule has 0 radical (unpaired) electrons. The molecule has 0 aromatic rings. The number of nitrogens with one attached hydrogen (secondary N) is 1. The Hall–Kier alpha value is -0.120. The van der Waals surface area contributed by atoms with Gasteiger partial charge in [0.25, 0.3) is 0 Å². The lowest BCUT2D eigenvalue weighted by Crippen LogP contribution is -2.36. The molecule has 0 aliphatic rings. The normalized spacial score (nSPS) is 13.7. The molecule has 98 valence electrons. The third-order valence-corrected chi connectivity index (χ3v) is 3.06. The minimum absolute atomic E-state index is 0.653. The molecule has 0 saturated carbocycles. The summed E-state index contributed by atoms with van der Waals surface area (Å²) in [7, 11) is 4.28. The molecule has 0 spiro atoms. The Balaban J connectivity index is 3.51. The predicted molar refractivity (Wildman–Crippen MR) is 73.0 cm³/mol. The minimum atomic E-state index is 0.653. The lowest BCUT2D eigenvalue weighted by atomic mass is 10.2. The largest absolute Gasteiger partial charge is 0.313 e. The van der Waals surface area contributed by atoms with Crippen molar-refractivity contribution in [1.29, 1.82) is 0 Å². The quantitative estimate of drug-likeness (QED) is 0.614. The van der Waals surface area contributed by atoms with Gasteiger partial charge in [0.2, 0.25) is 0 Å². The number of hydrogen-bond acceptors (Lipinski definition) is 3. The van der Waals surface area contributed by atoms with Gasteiger partial charge in [-0.15, -0.1) is 0 Å². The fourth-order valence-electron chi connectivity index (χ4n) is 1.65. The van der Waals surface area contributed by atoms with Crippen LogP contribution in [0.2, 0.25) is 0 Å². The number of hydrogen-bond donors (Lipinski definition) is 1. The van der Waals surface area contributed by atoms with Crippen LogP contribution in [-0.4, -0.2) is 62.7 Å². The van der Waals surface area contributed by atoms with E-state index >= 15 is 0 Å². The first kappa shape index (κ1) is 15.9. The van der Waals surface area contributed by atoms with E-state index in [1.807, 2.05) is 0 Å². The Morgan fingerprint density at radius 2 is 1.75 bits per heavy atom. The molecule has 3 nitrogen and oxygen atoms in total. The van der Waals surface area contributed by atoms with Gasteiger partial charge < -0.3 is 15.1 Å². The van der Waals surface area contributed by atoms with E-state index in [0.29, 0.717) is 6.04 Å². The fraction of sp³-hybridized carbons (Fsp3) is 1.00. The first-order chi connectivity index (χ1) is 7.60. The fourth-order valence-corrected chi connectivity index (χ4v) is 1.65. The van der Waals surface area contributed by atoms with Crippen LogP contribution in [0, 0.1) is 0 Å². The summed E-state index contributed by atoms with van der Waals surface area (Å²) in [4.78, 5) is 4.78. The van der Waals surface area contributed by atoms with Crippen LogP contribution in [0.25, 0.3) is 0 Å². The first-order valence-corrected chi connectivity index (χ1v) is 6.70. The summed E-state index contributed by atoms with van der Waals surface area (Å²) in [6.45, 7) is 12.6. The molecule has 0 aromatic carbocycles. The highest BCUT2D eigenvalue weighted by Gasteiger charge is 2.03. The van der Waals surface area contributed by atoms with Gasteiger partial charge in [0.1, 0.15) is 0 Å². The molecule has 0 aromatic heterocycles. The molecule has 1 unspecified atom stereocenters. The number of rotatable bonds is 10. The monoisotopic (exact) mass is 229 g/mol. The maximum absolute atomic E-state index is 3.54. The Bertz CT molecular complexity index is 148. The van der Waals surface area contributed by atoms with Gasteiger partial charge in [-0.3, -0.25) is 0 Å². The average molecular weight is 229 g/mol. The van der Waals surface area contributed by atoms with Crippen LogP contribution in [0.15, 0.2) is 0 Å². The van der Waals surface area contributed by atoms with Crippen molar-refractivity contribution in [2.45, 2.75) is 39.7 Å². The molecule has 0 rings (SSSR count). The Morgan fingerprint density at radius 1 is 1.06 bits per heavy atom. The van der Waals surface area contributed by atoms with E-state index < -0.39 is 0 Å². The van der Waals surface area contributed by atoms with Crippen LogP contribution in [-0.2, 0) is 0 Å². The molecular weight excluding hydrogens is 198 g/mol. The SMILES string of the molecule is CCC(C)NCCN(CC)CCCN(C)C. The van der Waals surface area contributed by atoms with Gasteiger partial charge in [-0.1, -0.05) is 13.8 Å². The zero-order valence-electron chi connectivity index (χ0n) is 11.9. The molecule has 0 fully saturated rings. The van der Waals surface area contributed by atoms with Crippen molar-refractivity contribution < 1.29 is 0 Å². The van der Waals surface area contributed by atoms with Crippen LogP contribution >= 0.6 is 0 Å². The lowest BCUT2D eigenvalue weighted by molar-refractivity contribution is 0.262. The molecule has 1 atom stereocenters. The van der Waals surface area contributed by atoms with E-state index in [-0.39, 0.29) is 0 Å². The van der Waals surface area contributed by atoms with E-state index in [0.717, 1.165) is 13.1 Å². The van der Waals surface area contributed by atoms with Crippen LogP contribution in [0.5, 0.6) is 0 Å². The van der Waals surface area contributed by atoms with Gasteiger partial charge in [0.15, 0.2) is 0 Å². The standard InChI is InChI=1S/C13H31N3/c1-6-13(3)14-9-12-16(7-2)11-8-10-15(4)5/h13-14H,6-12H2,1-5H3. The Kier molecular flexibility index (Phi) is 9.99. The van der Waals surface area contributed by atoms with E-state index in [1.165, 1.54) is 32.5 Å². The second kappa shape index (κ2) is 10.1. The minimum Gasteiger partial charge on any atom is -0.313 e. The summed E-state index contributed by atoms with van der Waals surface area (Å²) in [6.07, 6.45) is 2.48. The second-order valence-electron chi connectivity index (χ2n) is 4.85. The first-order valence-electron chi connectivity index (χ1n) is 6.70. The van der Waals surface area contributed by atoms with E-state index in [4.69, 9.17) is 0 Å². The van der Waals surface area contributed by atoms with Gasteiger partial charge in [0, 0.05) is 19.1 Å². The molecule has 0 aliphatic carbocycles. The maximum atomic E-state index is 3.54. The average Bonchev–Trinajstić information content (AvgIpc) is 2.26. The van der Waals surface area contributed by atoms with E-state index in [2.05, 4.69) is 50.0 Å². The highest BCUT2D eigenvalue weighted by atomic mass is 15.1. The van der Waals surface area contributed by atoms with E-state index in [9.17, 15) is 0 Å². The topological polar surface area (TPSA) is 18.5 Å². The number of likely N-dealkylation sites (N-methyl/N-ethyl adjacent to an activating group) is 1. The second-order valence-corrected chi connectivity index (χ2v) is 4.85. The Labute approximate surface area is 102 Å². The van der Waals surface area contributed by atoms with Crippen LogP contribution in [0.1, 0.15) is 33.6 Å². The molecule has 0 aliphatic heterocycles. The molecule has 1 N–H and O–H groups in total. The van der Waals surface area contributed by atoms with Crippen LogP contribution < -0.4 is 5.32 Å². The lowest BCUT2D eigenvalue weighted by Gasteiger charge is -2.22. The third-order valence-electron chi connectivity index (χ3n) is 3.06. The zero-order chi connectivity index (χ0) is 12.4. The predicted octanol–water partition coefficient (Wildman–Crippen LogP) is 1.65. The summed E-state index contributed by atoms with van der Waals surface area (Å²) in [5.41, 5.74) is 0.